The van der Waals surface area contributed by atoms with E-state index >= 15 is 0 Å². The highest BCUT2D eigenvalue weighted by Crippen LogP contribution is 2.46. The smallest absolute Gasteiger partial charge is 0.00683 e. The van der Waals surface area contributed by atoms with E-state index in [1.807, 2.05) is 0 Å². The molecule has 0 aromatic rings. The summed E-state index contributed by atoms with van der Waals surface area (Å²) in [5.74, 6) is 0.938. The molecule has 0 aromatic heterocycles. The van der Waals surface area contributed by atoms with Gasteiger partial charge in [-0.25, -0.2) is 0 Å². The van der Waals surface area contributed by atoms with Crippen LogP contribution in [0.25, 0.3) is 0 Å². The van der Waals surface area contributed by atoms with Crippen LogP contribution in [0, 0.1) is 11.3 Å². The summed E-state index contributed by atoms with van der Waals surface area (Å²) < 4.78 is 0. The Morgan fingerprint density at radius 2 is 2.07 bits per heavy atom. The first-order valence-electron chi connectivity index (χ1n) is 6.69. The molecule has 1 saturated heterocycles. The Morgan fingerprint density at radius 3 is 2.73 bits per heavy atom. The topological polar surface area (TPSA) is 15.3 Å². The maximum absolute atomic E-state index is 3.67. The molecular weight excluding hydrogens is 184 g/mol. The maximum Gasteiger partial charge on any atom is 0.00683 e. The fourth-order valence-corrected chi connectivity index (χ4v) is 2.76. The van der Waals surface area contributed by atoms with Gasteiger partial charge in [0.05, 0.1) is 0 Å². The second kappa shape index (κ2) is 3.74. The second-order valence-corrected chi connectivity index (χ2v) is 6.38. The molecule has 2 saturated carbocycles. The fraction of sp³-hybridized carbons (Fsp3) is 1.00. The molecule has 1 unspecified atom stereocenters. The van der Waals surface area contributed by atoms with Gasteiger partial charge in [-0.3, -0.25) is 0 Å². The van der Waals surface area contributed by atoms with E-state index in [0.29, 0.717) is 5.41 Å². The monoisotopic (exact) mass is 208 g/mol. The molecule has 1 atom stereocenters. The zero-order valence-electron chi connectivity index (χ0n) is 9.97. The number of likely N-dealkylation sites (tertiary alicyclic amines) is 1. The van der Waals surface area contributed by atoms with Gasteiger partial charge >= 0.3 is 0 Å². The van der Waals surface area contributed by atoms with Crippen molar-refractivity contribution in [1.82, 2.24) is 10.2 Å². The Labute approximate surface area is 93.4 Å². The van der Waals surface area contributed by atoms with Crippen LogP contribution in [0.1, 0.15) is 39.0 Å². The molecule has 0 spiro atoms. The molecule has 15 heavy (non-hydrogen) atoms. The Balaban J connectivity index is 1.37. The Bertz CT molecular complexity index is 231. The van der Waals surface area contributed by atoms with Crippen LogP contribution < -0.4 is 5.32 Å². The first kappa shape index (κ1) is 10.1. The standard InChI is InChI=1S/C13H24N2/c1-13(5-6-13)10-15-7-4-11(9-15)8-14-12-2-3-12/h11-12,14H,2-10H2,1H3. The van der Waals surface area contributed by atoms with Gasteiger partial charge in [0, 0.05) is 19.1 Å². The largest absolute Gasteiger partial charge is 0.314 e. The minimum atomic E-state index is 0.707. The van der Waals surface area contributed by atoms with Crippen LogP contribution in [0.4, 0.5) is 0 Å². The average Bonchev–Trinajstić information content (AvgIpc) is 3.10. The lowest BCUT2D eigenvalue weighted by molar-refractivity contribution is 0.266. The van der Waals surface area contributed by atoms with Crippen molar-refractivity contribution in [3.8, 4) is 0 Å². The van der Waals surface area contributed by atoms with Gasteiger partial charge in [-0.05, 0) is 56.5 Å². The zero-order valence-corrected chi connectivity index (χ0v) is 9.97. The van der Waals surface area contributed by atoms with Gasteiger partial charge in [0.25, 0.3) is 0 Å². The number of nitrogens with zero attached hydrogens (tertiary/aromatic N) is 1. The summed E-state index contributed by atoms with van der Waals surface area (Å²) in [4.78, 5) is 2.70. The summed E-state index contributed by atoms with van der Waals surface area (Å²) in [5, 5.41) is 3.67. The molecule has 86 valence electrons. The van der Waals surface area contributed by atoms with Gasteiger partial charge in [-0.1, -0.05) is 6.92 Å². The first-order chi connectivity index (χ1) is 7.23. The molecule has 0 radical (unpaired) electrons. The average molecular weight is 208 g/mol. The van der Waals surface area contributed by atoms with Gasteiger partial charge in [-0.15, -0.1) is 0 Å². The summed E-state index contributed by atoms with van der Waals surface area (Å²) in [6, 6.07) is 0.889. The molecule has 2 heteroatoms. The van der Waals surface area contributed by atoms with Gasteiger partial charge in [-0.2, -0.15) is 0 Å². The molecule has 0 bridgehead atoms. The van der Waals surface area contributed by atoms with E-state index in [1.54, 1.807) is 0 Å². The van der Waals surface area contributed by atoms with Gasteiger partial charge in [0.15, 0.2) is 0 Å². The predicted molar refractivity (Wildman–Crippen MR) is 62.9 cm³/mol. The number of nitrogens with one attached hydrogen (secondary N) is 1. The van der Waals surface area contributed by atoms with Crippen LogP contribution in [0.2, 0.25) is 0 Å². The number of hydrogen-bond acceptors (Lipinski definition) is 2. The molecule has 3 fully saturated rings. The normalized spacial score (nSPS) is 34.6. The lowest BCUT2D eigenvalue weighted by Crippen LogP contribution is -2.30. The zero-order chi connectivity index (χ0) is 10.3. The second-order valence-electron chi connectivity index (χ2n) is 6.38. The molecular formula is C13H24N2. The fourth-order valence-electron chi connectivity index (χ4n) is 2.76. The van der Waals surface area contributed by atoms with Crippen molar-refractivity contribution in [2.24, 2.45) is 11.3 Å². The highest BCUT2D eigenvalue weighted by atomic mass is 15.2. The molecule has 0 amide bonds. The Hall–Kier alpha value is -0.0800. The number of hydrogen-bond donors (Lipinski definition) is 1. The van der Waals surface area contributed by atoms with E-state index in [-0.39, 0.29) is 0 Å². The number of rotatable bonds is 5. The summed E-state index contributed by atoms with van der Waals surface area (Å²) >= 11 is 0. The van der Waals surface area contributed by atoms with E-state index in [9.17, 15) is 0 Å². The van der Waals surface area contributed by atoms with Crippen molar-refractivity contribution in [1.29, 1.82) is 0 Å². The van der Waals surface area contributed by atoms with Crippen molar-refractivity contribution in [3.63, 3.8) is 0 Å². The first-order valence-corrected chi connectivity index (χ1v) is 6.69. The van der Waals surface area contributed by atoms with Crippen molar-refractivity contribution >= 4 is 0 Å². The minimum Gasteiger partial charge on any atom is -0.314 e. The van der Waals surface area contributed by atoms with Crippen LogP contribution in [-0.4, -0.2) is 37.1 Å². The van der Waals surface area contributed by atoms with Crippen LogP contribution in [0.3, 0.4) is 0 Å². The van der Waals surface area contributed by atoms with E-state index in [2.05, 4.69) is 17.1 Å². The maximum atomic E-state index is 3.67. The third-order valence-electron chi connectivity index (χ3n) is 4.35. The minimum absolute atomic E-state index is 0.707. The quantitative estimate of drug-likeness (QED) is 0.742. The van der Waals surface area contributed by atoms with Gasteiger partial charge in [0.2, 0.25) is 0 Å². The summed E-state index contributed by atoms with van der Waals surface area (Å²) in [5.41, 5.74) is 0.707. The van der Waals surface area contributed by atoms with Crippen LogP contribution in [-0.2, 0) is 0 Å². The summed E-state index contributed by atoms with van der Waals surface area (Å²) in [7, 11) is 0. The molecule has 1 aliphatic heterocycles. The Morgan fingerprint density at radius 1 is 1.27 bits per heavy atom. The highest BCUT2D eigenvalue weighted by molar-refractivity contribution is 4.93. The lowest BCUT2D eigenvalue weighted by atomic mass is 10.1. The van der Waals surface area contributed by atoms with E-state index in [0.717, 1.165) is 12.0 Å². The third kappa shape index (κ3) is 2.73. The van der Waals surface area contributed by atoms with Crippen LogP contribution in [0.5, 0.6) is 0 Å². The molecule has 1 heterocycles. The van der Waals surface area contributed by atoms with Crippen molar-refractivity contribution in [2.45, 2.75) is 45.1 Å². The summed E-state index contributed by atoms with van der Waals surface area (Å²) in [6.07, 6.45) is 7.21. The molecule has 0 aromatic carbocycles. The van der Waals surface area contributed by atoms with Gasteiger partial charge < -0.3 is 10.2 Å². The predicted octanol–water partition coefficient (Wildman–Crippen LogP) is 1.86. The SMILES string of the molecule is CC1(CN2CCC(CNC3CC3)C2)CC1. The van der Waals surface area contributed by atoms with Crippen LogP contribution in [0.15, 0.2) is 0 Å². The van der Waals surface area contributed by atoms with E-state index in [1.165, 1.54) is 58.3 Å². The highest BCUT2D eigenvalue weighted by Gasteiger charge is 2.40. The van der Waals surface area contributed by atoms with Crippen molar-refractivity contribution in [3.05, 3.63) is 0 Å². The van der Waals surface area contributed by atoms with Crippen molar-refractivity contribution in [2.75, 3.05) is 26.2 Å². The van der Waals surface area contributed by atoms with Crippen molar-refractivity contribution < 1.29 is 0 Å². The van der Waals surface area contributed by atoms with E-state index in [4.69, 9.17) is 0 Å². The molecule has 2 nitrogen and oxygen atoms in total. The molecule has 2 aliphatic carbocycles. The Kier molecular flexibility index (Phi) is 2.52. The molecule has 1 N–H and O–H groups in total. The lowest BCUT2D eigenvalue weighted by Gasteiger charge is -2.20. The third-order valence-corrected chi connectivity index (χ3v) is 4.35. The molecule has 3 aliphatic rings. The van der Waals surface area contributed by atoms with E-state index < -0.39 is 0 Å². The van der Waals surface area contributed by atoms with Gasteiger partial charge in [0.1, 0.15) is 0 Å². The molecule has 3 rings (SSSR count). The summed E-state index contributed by atoms with van der Waals surface area (Å²) in [6.45, 7) is 7.80. The van der Waals surface area contributed by atoms with Crippen LogP contribution >= 0.6 is 0 Å².